The average Bonchev–Trinajstić information content (AvgIpc) is 2.20. The molecule has 0 saturated carbocycles. The van der Waals surface area contributed by atoms with Crippen molar-refractivity contribution < 1.29 is 0 Å². The third kappa shape index (κ3) is 3.51. The highest BCUT2D eigenvalue weighted by molar-refractivity contribution is 5.25. The summed E-state index contributed by atoms with van der Waals surface area (Å²) in [6, 6.07) is 8.56. The molecule has 0 unspecified atom stereocenters. The van der Waals surface area contributed by atoms with E-state index in [1.54, 1.807) is 0 Å². The minimum Gasteiger partial charge on any atom is -0.312 e. The monoisotopic (exact) mass is 191 g/mol. The summed E-state index contributed by atoms with van der Waals surface area (Å²) < 4.78 is 0. The van der Waals surface area contributed by atoms with Crippen LogP contribution in [0.15, 0.2) is 24.3 Å². The van der Waals surface area contributed by atoms with Gasteiger partial charge in [-0.1, -0.05) is 44.5 Å². The van der Waals surface area contributed by atoms with E-state index in [1.807, 2.05) is 0 Å². The molecule has 1 nitrogen and oxygen atoms in total. The first-order chi connectivity index (χ1) is 6.74. The number of hydrogen-bond donors (Lipinski definition) is 1. The molecule has 0 radical (unpaired) electrons. The van der Waals surface area contributed by atoms with E-state index in [0.29, 0.717) is 0 Å². The maximum atomic E-state index is 3.49. The summed E-state index contributed by atoms with van der Waals surface area (Å²) in [7, 11) is 0. The second kappa shape index (κ2) is 5.82. The first-order valence-corrected chi connectivity index (χ1v) is 5.49. The van der Waals surface area contributed by atoms with E-state index in [2.05, 4.69) is 50.4 Å². The molecule has 0 spiro atoms. The Kier molecular flexibility index (Phi) is 4.68. The maximum absolute atomic E-state index is 3.49. The molecule has 0 aromatic heterocycles. The van der Waals surface area contributed by atoms with Crippen LogP contribution in [0.2, 0.25) is 0 Å². The molecule has 0 heterocycles. The zero-order valence-electron chi connectivity index (χ0n) is 9.51. The van der Waals surface area contributed by atoms with E-state index in [0.717, 1.165) is 19.0 Å². The van der Waals surface area contributed by atoms with Gasteiger partial charge in [0.05, 0.1) is 0 Å². The molecule has 0 aliphatic heterocycles. The fraction of sp³-hybridized carbons (Fsp3) is 0.538. The molecular weight excluding hydrogens is 170 g/mol. The Morgan fingerprint density at radius 2 is 2.00 bits per heavy atom. The normalized spacial score (nSPS) is 12.8. The second-order valence-corrected chi connectivity index (χ2v) is 4.07. The minimum absolute atomic E-state index is 0.777. The van der Waals surface area contributed by atoms with Crippen molar-refractivity contribution in [3.63, 3.8) is 0 Å². The van der Waals surface area contributed by atoms with Crippen molar-refractivity contribution in [2.45, 2.75) is 33.7 Å². The second-order valence-electron chi connectivity index (χ2n) is 4.07. The smallest absolute Gasteiger partial charge is 0.0208 e. The Bertz CT molecular complexity index is 268. The minimum atomic E-state index is 0.777. The van der Waals surface area contributed by atoms with Gasteiger partial charge in [0.25, 0.3) is 0 Å². The Morgan fingerprint density at radius 3 is 2.64 bits per heavy atom. The molecule has 0 fully saturated rings. The third-order valence-electron chi connectivity index (χ3n) is 2.77. The average molecular weight is 191 g/mol. The lowest BCUT2D eigenvalue weighted by molar-refractivity contribution is 0.499. The topological polar surface area (TPSA) is 12.0 Å². The molecule has 1 aromatic rings. The van der Waals surface area contributed by atoms with E-state index in [9.17, 15) is 0 Å². The summed E-state index contributed by atoms with van der Waals surface area (Å²) in [5.41, 5.74) is 2.79. The van der Waals surface area contributed by atoms with Crippen LogP contribution in [0.5, 0.6) is 0 Å². The molecule has 1 rings (SSSR count). The number of hydrogen-bond acceptors (Lipinski definition) is 1. The van der Waals surface area contributed by atoms with Crippen LogP contribution in [0.25, 0.3) is 0 Å². The fourth-order valence-corrected chi connectivity index (χ4v) is 1.41. The van der Waals surface area contributed by atoms with Crippen LogP contribution in [-0.4, -0.2) is 6.54 Å². The van der Waals surface area contributed by atoms with Crippen LogP contribution in [0, 0.1) is 12.8 Å². The molecular formula is C13H21N. The van der Waals surface area contributed by atoms with Crippen molar-refractivity contribution in [2.24, 2.45) is 5.92 Å². The van der Waals surface area contributed by atoms with Gasteiger partial charge >= 0.3 is 0 Å². The molecule has 0 bridgehead atoms. The van der Waals surface area contributed by atoms with Gasteiger partial charge in [-0.25, -0.2) is 0 Å². The number of rotatable bonds is 5. The first kappa shape index (κ1) is 11.3. The Balaban J connectivity index is 2.35. The van der Waals surface area contributed by atoms with Crippen LogP contribution in [-0.2, 0) is 6.54 Å². The maximum Gasteiger partial charge on any atom is 0.0208 e. The van der Waals surface area contributed by atoms with Gasteiger partial charge in [-0.05, 0) is 30.5 Å². The number of aryl methyl sites for hydroxylation is 1. The number of nitrogens with one attached hydrogen (secondary N) is 1. The third-order valence-corrected chi connectivity index (χ3v) is 2.77. The predicted molar refractivity (Wildman–Crippen MR) is 62.3 cm³/mol. The van der Waals surface area contributed by atoms with Gasteiger partial charge in [0, 0.05) is 6.54 Å². The van der Waals surface area contributed by atoms with Crippen LogP contribution in [0.3, 0.4) is 0 Å². The van der Waals surface area contributed by atoms with E-state index >= 15 is 0 Å². The van der Waals surface area contributed by atoms with Gasteiger partial charge in [-0.2, -0.15) is 0 Å². The molecule has 1 heteroatoms. The van der Waals surface area contributed by atoms with Gasteiger partial charge in [-0.15, -0.1) is 0 Å². The van der Waals surface area contributed by atoms with Crippen molar-refractivity contribution >= 4 is 0 Å². The van der Waals surface area contributed by atoms with Crippen LogP contribution in [0.4, 0.5) is 0 Å². The lowest BCUT2D eigenvalue weighted by Crippen LogP contribution is -2.20. The van der Waals surface area contributed by atoms with Crippen molar-refractivity contribution in [3.8, 4) is 0 Å². The highest BCUT2D eigenvalue weighted by Gasteiger charge is 1.99. The zero-order chi connectivity index (χ0) is 10.4. The molecule has 1 atom stereocenters. The SMILES string of the molecule is CC[C@H](C)CNCc1ccccc1C. The fourth-order valence-electron chi connectivity index (χ4n) is 1.41. The Morgan fingerprint density at radius 1 is 1.29 bits per heavy atom. The van der Waals surface area contributed by atoms with Gasteiger partial charge in [0.1, 0.15) is 0 Å². The lowest BCUT2D eigenvalue weighted by atomic mass is 10.1. The van der Waals surface area contributed by atoms with Crippen LogP contribution < -0.4 is 5.32 Å². The first-order valence-electron chi connectivity index (χ1n) is 5.49. The summed E-state index contributed by atoms with van der Waals surface area (Å²) in [5, 5.41) is 3.49. The highest BCUT2D eigenvalue weighted by Crippen LogP contribution is 2.06. The molecule has 14 heavy (non-hydrogen) atoms. The van der Waals surface area contributed by atoms with Gasteiger partial charge < -0.3 is 5.32 Å². The molecule has 1 aromatic carbocycles. The van der Waals surface area contributed by atoms with Crippen molar-refractivity contribution in [1.82, 2.24) is 5.32 Å². The molecule has 0 aliphatic rings. The lowest BCUT2D eigenvalue weighted by Gasteiger charge is -2.11. The largest absolute Gasteiger partial charge is 0.312 e. The summed E-state index contributed by atoms with van der Waals surface area (Å²) in [5.74, 6) is 0.777. The van der Waals surface area contributed by atoms with Gasteiger partial charge in [0.2, 0.25) is 0 Å². The van der Waals surface area contributed by atoms with E-state index in [4.69, 9.17) is 0 Å². The molecule has 0 amide bonds. The quantitative estimate of drug-likeness (QED) is 0.754. The number of benzene rings is 1. The van der Waals surface area contributed by atoms with Crippen molar-refractivity contribution in [3.05, 3.63) is 35.4 Å². The van der Waals surface area contributed by atoms with Crippen molar-refractivity contribution in [1.29, 1.82) is 0 Å². The predicted octanol–water partition coefficient (Wildman–Crippen LogP) is 3.13. The molecule has 0 saturated heterocycles. The van der Waals surface area contributed by atoms with Gasteiger partial charge in [0.15, 0.2) is 0 Å². The van der Waals surface area contributed by atoms with E-state index < -0.39 is 0 Å². The summed E-state index contributed by atoms with van der Waals surface area (Å²) >= 11 is 0. The van der Waals surface area contributed by atoms with Crippen LogP contribution >= 0.6 is 0 Å². The zero-order valence-corrected chi connectivity index (χ0v) is 9.51. The Labute approximate surface area is 87.5 Å². The Hall–Kier alpha value is -0.820. The summed E-state index contributed by atoms with van der Waals surface area (Å²) in [6.45, 7) is 8.80. The standard InChI is InChI=1S/C13H21N/c1-4-11(2)9-14-10-13-8-6-5-7-12(13)3/h5-8,11,14H,4,9-10H2,1-3H3/t11-/m0/s1. The molecule has 78 valence electrons. The van der Waals surface area contributed by atoms with Crippen LogP contribution in [0.1, 0.15) is 31.4 Å². The van der Waals surface area contributed by atoms with E-state index in [1.165, 1.54) is 17.5 Å². The molecule has 0 aliphatic carbocycles. The molecule has 1 N–H and O–H groups in total. The van der Waals surface area contributed by atoms with Gasteiger partial charge in [-0.3, -0.25) is 0 Å². The van der Waals surface area contributed by atoms with Crippen molar-refractivity contribution in [2.75, 3.05) is 6.54 Å². The summed E-state index contributed by atoms with van der Waals surface area (Å²) in [6.07, 6.45) is 1.25. The highest BCUT2D eigenvalue weighted by atomic mass is 14.9. The summed E-state index contributed by atoms with van der Waals surface area (Å²) in [4.78, 5) is 0. The van der Waals surface area contributed by atoms with E-state index in [-0.39, 0.29) is 0 Å².